The first-order valence-electron chi connectivity index (χ1n) is 6.32. The first-order valence-corrected chi connectivity index (χ1v) is 6.70. The smallest absolute Gasteiger partial charge is 0.294 e. The highest BCUT2D eigenvalue weighted by Crippen LogP contribution is 2.31. The predicted octanol–water partition coefficient (Wildman–Crippen LogP) is 2.33. The number of nitrogens with two attached hydrogens (primary N) is 1. The third-order valence-electron chi connectivity index (χ3n) is 2.97. The number of benzene rings is 1. The van der Waals surface area contributed by atoms with Gasteiger partial charge in [0.25, 0.3) is 11.6 Å². The highest BCUT2D eigenvalue weighted by atomic mass is 35.5. The molecule has 0 saturated heterocycles. The topological polar surface area (TPSA) is 98.7 Å². The lowest BCUT2D eigenvalue weighted by Crippen LogP contribution is -2.39. The quantitative estimate of drug-likeness (QED) is 0.493. The molecule has 0 aromatic heterocycles. The monoisotopic (exact) mass is 315 g/mol. The summed E-state index contributed by atoms with van der Waals surface area (Å²) in [4.78, 5) is 24.3. The Morgan fingerprint density at radius 2 is 2.14 bits per heavy atom. The minimum Gasteiger partial charge on any atom is -0.392 e. The Balaban J connectivity index is 3.19. The van der Waals surface area contributed by atoms with E-state index in [1.807, 2.05) is 13.8 Å². The Kier molecular flexibility index (Phi) is 5.92. The van der Waals surface area contributed by atoms with Gasteiger partial charge in [-0.2, -0.15) is 0 Å². The molecule has 1 rings (SSSR count). The lowest BCUT2D eigenvalue weighted by atomic mass is 10.1. The SMILES string of the molecule is COCCN(C(=O)c1cc(Cl)c(N)c([N+](=O)[O-])c1)C(C)C. The number of nitrogen functional groups attached to an aromatic ring is 1. The summed E-state index contributed by atoms with van der Waals surface area (Å²) in [5, 5.41) is 10.9. The van der Waals surface area contributed by atoms with E-state index in [1.54, 1.807) is 4.90 Å². The Bertz CT molecular complexity index is 548. The number of hydrogen-bond donors (Lipinski definition) is 1. The molecule has 116 valence electrons. The van der Waals surface area contributed by atoms with E-state index < -0.39 is 4.92 Å². The standard InChI is InChI=1S/C13H18ClN3O4/c1-8(2)16(4-5-21-3)13(18)9-6-10(14)12(15)11(7-9)17(19)20/h6-8H,4-5,15H2,1-3H3. The molecule has 1 aromatic rings. The fraction of sp³-hybridized carbons (Fsp3) is 0.462. The van der Waals surface area contributed by atoms with Crippen molar-refractivity contribution in [2.24, 2.45) is 0 Å². The molecule has 0 unspecified atom stereocenters. The highest BCUT2D eigenvalue weighted by Gasteiger charge is 2.24. The van der Waals surface area contributed by atoms with Crippen molar-refractivity contribution < 1.29 is 14.5 Å². The zero-order valence-electron chi connectivity index (χ0n) is 12.1. The molecule has 1 amide bonds. The van der Waals surface area contributed by atoms with Crippen molar-refractivity contribution >= 4 is 28.9 Å². The number of amides is 1. The summed E-state index contributed by atoms with van der Waals surface area (Å²) in [7, 11) is 1.54. The molecule has 0 aliphatic heterocycles. The molecule has 0 atom stereocenters. The molecule has 0 fully saturated rings. The summed E-state index contributed by atoms with van der Waals surface area (Å²) in [6.07, 6.45) is 0. The lowest BCUT2D eigenvalue weighted by molar-refractivity contribution is -0.383. The van der Waals surface area contributed by atoms with Crippen molar-refractivity contribution in [2.45, 2.75) is 19.9 Å². The van der Waals surface area contributed by atoms with E-state index in [1.165, 1.54) is 13.2 Å². The van der Waals surface area contributed by atoms with Gasteiger partial charge in [0.15, 0.2) is 0 Å². The molecule has 1 aromatic carbocycles. The summed E-state index contributed by atoms with van der Waals surface area (Å²) in [5.41, 5.74) is 5.16. The molecule has 8 heteroatoms. The maximum Gasteiger partial charge on any atom is 0.294 e. The second kappa shape index (κ2) is 7.24. The van der Waals surface area contributed by atoms with E-state index in [4.69, 9.17) is 22.1 Å². The number of nitro groups is 1. The van der Waals surface area contributed by atoms with Crippen molar-refractivity contribution in [1.82, 2.24) is 4.90 Å². The molecule has 2 N–H and O–H groups in total. The van der Waals surface area contributed by atoms with Gasteiger partial charge in [-0.05, 0) is 19.9 Å². The average Bonchev–Trinajstić information content (AvgIpc) is 2.41. The Hall–Kier alpha value is -1.86. The van der Waals surface area contributed by atoms with Gasteiger partial charge in [0.1, 0.15) is 5.69 Å². The summed E-state index contributed by atoms with van der Waals surface area (Å²) in [6, 6.07) is 2.41. The third-order valence-corrected chi connectivity index (χ3v) is 3.28. The predicted molar refractivity (Wildman–Crippen MR) is 80.6 cm³/mol. The van der Waals surface area contributed by atoms with Crippen molar-refractivity contribution in [3.63, 3.8) is 0 Å². The van der Waals surface area contributed by atoms with Crippen LogP contribution in [0.3, 0.4) is 0 Å². The van der Waals surface area contributed by atoms with Crippen LogP contribution in [0.4, 0.5) is 11.4 Å². The molecule has 0 heterocycles. The van der Waals surface area contributed by atoms with Gasteiger partial charge in [-0.3, -0.25) is 14.9 Å². The molecular weight excluding hydrogens is 298 g/mol. The van der Waals surface area contributed by atoms with Gasteiger partial charge in [0.05, 0.1) is 16.6 Å². The van der Waals surface area contributed by atoms with Gasteiger partial charge in [0.2, 0.25) is 0 Å². The number of carbonyl (C=O) groups excluding carboxylic acids is 1. The number of methoxy groups -OCH3 is 1. The zero-order valence-corrected chi connectivity index (χ0v) is 12.9. The van der Waals surface area contributed by atoms with Crippen LogP contribution in [0.5, 0.6) is 0 Å². The van der Waals surface area contributed by atoms with Crippen LogP contribution in [-0.2, 0) is 4.74 Å². The van der Waals surface area contributed by atoms with Crippen LogP contribution < -0.4 is 5.73 Å². The summed E-state index contributed by atoms with van der Waals surface area (Å²) >= 11 is 5.87. The number of carbonyl (C=O) groups is 1. The van der Waals surface area contributed by atoms with Gasteiger partial charge >= 0.3 is 0 Å². The number of anilines is 1. The number of nitrogens with zero attached hydrogens (tertiary/aromatic N) is 2. The van der Waals surface area contributed by atoms with Crippen molar-refractivity contribution in [3.8, 4) is 0 Å². The van der Waals surface area contributed by atoms with E-state index >= 15 is 0 Å². The Labute approximate surface area is 127 Å². The van der Waals surface area contributed by atoms with Crippen LogP contribution >= 0.6 is 11.6 Å². The van der Waals surface area contributed by atoms with Gasteiger partial charge < -0.3 is 15.4 Å². The number of nitro benzene ring substituents is 1. The fourth-order valence-corrected chi connectivity index (χ4v) is 2.04. The molecule has 0 saturated carbocycles. The van der Waals surface area contributed by atoms with E-state index in [-0.39, 0.29) is 33.9 Å². The zero-order chi connectivity index (χ0) is 16.2. The largest absolute Gasteiger partial charge is 0.392 e. The van der Waals surface area contributed by atoms with Gasteiger partial charge in [-0.25, -0.2) is 0 Å². The van der Waals surface area contributed by atoms with Gasteiger partial charge in [0, 0.05) is 31.3 Å². The molecule has 0 aliphatic rings. The van der Waals surface area contributed by atoms with Crippen molar-refractivity contribution in [3.05, 3.63) is 32.8 Å². The van der Waals surface area contributed by atoms with Crippen LogP contribution in [0.15, 0.2) is 12.1 Å². The van der Waals surface area contributed by atoms with Gasteiger partial charge in [-0.15, -0.1) is 0 Å². The minimum absolute atomic E-state index is 0.0111. The average molecular weight is 316 g/mol. The number of hydrogen-bond acceptors (Lipinski definition) is 5. The summed E-state index contributed by atoms with van der Waals surface area (Å²) in [6.45, 7) is 4.44. The molecule has 7 nitrogen and oxygen atoms in total. The van der Waals surface area contributed by atoms with Crippen LogP contribution in [0.25, 0.3) is 0 Å². The molecular formula is C13H18ClN3O4. The maximum absolute atomic E-state index is 12.5. The molecule has 21 heavy (non-hydrogen) atoms. The number of ether oxygens (including phenoxy) is 1. The Morgan fingerprint density at radius 3 is 2.62 bits per heavy atom. The minimum atomic E-state index is -0.660. The van der Waals surface area contributed by atoms with Crippen molar-refractivity contribution in [2.75, 3.05) is 26.0 Å². The van der Waals surface area contributed by atoms with Crippen molar-refractivity contribution in [1.29, 1.82) is 0 Å². The number of rotatable bonds is 6. The summed E-state index contributed by atoms with van der Waals surface area (Å²) in [5.74, 6) is -0.355. The second-order valence-corrected chi connectivity index (χ2v) is 5.14. The van der Waals surface area contributed by atoms with E-state index in [0.29, 0.717) is 13.2 Å². The normalized spacial score (nSPS) is 10.7. The van der Waals surface area contributed by atoms with Gasteiger partial charge in [-0.1, -0.05) is 11.6 Å². The summed E-state index contributed by atoms with van der Waals surface area (Å²) < 4.78 is 4.97. The maximum atomic E-state index is 12.5. The van der Waals surface area contributed by atoms with Crippen LogP contribution in [0.1, 0.15) is 24.2 Å². The Morgan fingerprint density at radius 1 is 1.52 bits per heavy atom. The van der Waals surface area contributed by atoms with Crippen LogP contribution in [0.2, 0.25) is 5.02 Å². The third kappa shape index (κ3) is 4.05. The second-order valence-electron chi connectivity index (χ2n) is 4.73. The van der Waals surface area contributed by atoms with Crippen LogP contribution in [0, 0.1) is 10.1 Å². The lowest BCUT2D eigenvalue weighted by Gasteiger charge is -2.26. The number of halogens is 1. The first-order chi connectivity index (χ1) is 9.79. The molecule has 0 spiro atoms. The molecule has 0 bridgehead atoms. The van der Waals surface area contributed by atoms with Crippen LogP contribution in [-0.4, -0.2) is 42.0 Å². The fourth-order valence-electron chi connectivity index (χ4n) is 1.83. The highest BCUT2D eigenvalue weighted by molar-refractivity contribution is 6.34. The molecule has 0 radical (unpaired) electrons. The van der Waals surface area contributed by atoms with E-state index in [2.05, 4.69) is 0 Å². The van der Waals surface area contributed by atoms with E-state index in [0.717, 1.165) is 6.07 Å². The van der Waals surface area contributed by atoms with E-state index in [9.17, 15) is 14.9 Å². The molecule has 0 aliphatic carbocycles. The first kappa shape index (κ1) is 17.2.